The molecule has 1 aliphatic carbocycles. The van der Waals surface area contributed by atoms with Gasteiger partial charge in [0.05, 0.1) is 11.9 Å². The van der Waals surface area contributed by atoms with Gasteiger partial charge in [0.25, 0.3) is 10.0 Å². The molecule has 7 heteroatoms. The van der Waals surface area contributed by atoms with Crippen LogP contribution in [0.25, 0.3) is 0 Å². The van der Waals surface area contributed by atoms with Gasteiger partial charge < -0.3 is 5.32 Å². The van der Waals surface area contributed by atoms with E-state index in [1.807, 2.05) is 6.92 Å². The number of thiophene rings is 1. The second kappa shape index (κ2) is 5.75. The fourth-order valence-corrected chi connectivity index (χ4v) is 4.67. The number of pyridine rings is 1. The number of aryl methyl sites for hydroxylation is 1. The van der Waals surface area contributed by atoms with Crippen LogP contribution in [0.15, 0.2) is 35.5 Å². The molecule has 0 bridgehead atoms. The van der Waals surface area contributed by atoms with E-state index in [-0.39, 0.29) is 0 Å². The third kappa shape index (κ3) is 3.61. The summed E-state index contributed by atoms with van der Waals surface area (Å²) in [4.78, 5) is 6.11. The predicted octanol–water partition coefficient (Wildman–Crippen LogP) is 2.50. The first-order valence-corrected chi connectivity index (χ1v) is 9.10. The Morgan fingerprint density at radius 2 is 2.24 bits per heavy atom. The number of nitrogens with one attached hydrogen (secondary N) is 2. The third-order valence-electron chi connectivity index (χ3n) is 3.27. The smallest absolute Gasteiger partial charge is 0.263 e. The Kier molecular flexibility index (Phi) is 3.97. The van der Waals surface area contributed by atoms with E-state index in [9.17, 15) is 8.42 Å². The highest BCUT2D eigenvalue weighted by molar-refractivity contribution is 7.93. The molecule has 0 amide bonds. The Labute approximate surface area is 128 Å². The number of hydrogen-bond donors (Lipinski definition) is 2. The monoisotopic (exact) mass is 323 g/mol. The van der Waals surface area contributed by atoms with Gasteiger partial charge in [-0.1, -0.05) is 0 Å². The molecule has 112 valence electrons. The van der Waals surface area contributed by atoms with E-state index in [4.69, 9.17) is 0 Å². The highest BCUT2D eigenvalue weighted by Crippen LogP contribution is 2.28. The van der Waals surface area contributed by atoms with Crippen LogP contribution in [-0.4, -0.2) is 19.4 Å². The fraction of sp³-hybridized carbons (Fsp3) is 0.357. The predicted molar refractivity (Wildman–Crippen MR) is 84.0 cm³/mol. The summed E-state index contributed by atoms with van der Waals surface area (Å²) in [5.74, 6) is 0. The molecule has 0 aliphatic heterocycles. The molecule has 0 spiro atoms. The molecule has 0 unspecified atom stereocenters. The molecule has 5 nitrogen and oxygen atoms in total. The molecule has 2 N–H and O–H groups in total. The minimum Gasteiger partial charge on any atom is -0.309 e. The summed E-state index contributed by atoms with van der Waals surface area (Å²) >= 11 is 1.52. The van der Waals surface area contributed by atoms with E-state index >= 15 is 0 Å². The zero-order chi connectivity index (χ0) is 14.9. The SMILES string of the molecule is Cc1sc(CNC2CC2)cc1S(=O)(=O)Nc1cccnc1. The van der Waals surface area contributed by atoms with Crippen LogP contribution in [0.4, 0.5) is 5.69 Å². The van der Waals surface area contributed by atoms with Crippen molar-refractivity contribution in [2.24, 2.45) is 0 Å². The molecule has 2 aromatic heterocycles. The summed E-state index contributed by atoms with van der Waals surface area (Å²) in [5.41, 5.74) is 0.473. The molecule has 1 saturated carbocycles. The van der Waals surface area contributed by atoms with E-state index in [2.05, 4.69) is 15.0 Å². The number of nitrogens with zero attached hydrogens (tertiary/aromatic N) is 1. The first-order valence-electron chi connectivity index (χ1n) is 6.80. The van der Waals surface area contributed by atoms with Crippen molar-refractivity contribution in [1.82, 2.24) is 10.3 Å². The number of rotatable bonds is 6. The van der Waals surface area contributed by atoms with Crippen LogP contribution in [-0.2, 0) is 16.6 Å². The molecular weight excluding hydrogens is 306 g/mol. The van der Waals surface area contributed by atoms with Gasteiger partial charge in [-0.05, 0) is 38.0 Å². The quantitative estimate of drug-likeness (QED) is 0.857. The van der Waals surface area contributed by atoms with Crippen LogP contribution in [0.1, 0.15) is 22.6 Å². The van der Waals surface area contributed by atoms with Crippen LogP contribution < -0.4 is 10.0 Å². The largest absolute Gasteiger partial charge is 0.309 e. The normalized spacial score (nSPS) is 15.1. The van der Waals surface area contributed by atoms with Crippen molar-refractivity contribution >= 4 is 27.0 Å². The van der Waals surface area contributed by atoms with Gasteiger partial charge in [-0.3, -0.25) is 9.71 Å². The van der Waals surface area contributed by atoms with Crippen molar-refractivity contribution in [1.29, 1.82) is 0 Å². The van der Waals surface area contributed by atoms with Crippen molar-refractivity contribution in [2.45, 2.75) is 37.2 Å². The summed E-state index contributed by atoms with van der Waals surface area (Å²) in [6.45, 7) is 2.57. The first kappa shape index (κ1) is 14.5. The van der Waals surface area contributed by atoms with Crippen molar-refractivity contribution in [3.63, 3.8) is 0 Å². The molecule has 1 fully saturated rings. The minimum atomic E-state index is -3.55. The molecule has 0 aromatic carbocycles. The Morgan fingerprint density at radius 1 is 1.43 bits per heavy atom. The van der Waals surface area contributed by atoms with Gasteiger partial charge in [0.1, 0.15) is 4.90 Å². The molecule has 0 saturated heterocycles. The first-order chi connectivity index (χ1) is 10.0. The van der Waals surface area contributed by atoms with E-state index in [1.54, 1.807) is 24.4 Å². The van der Waals surface area contributed by atoms with Gasteiger partial charge in [-0.15, -0.1) is 11.3 Å². The zero-order valence-electron chi connectivity index (χ0n) is 11.7. The number of hydrogen-bond acceptors (Lipinski definition) is 5. The lowest BCUT2D eigenvalue weighted by Gasteiger charge is -2.06. The van der Waals surface area contributed by atoms with E-state index in [0.29, 0.717) is 16.6 Å². The molecule has 2 aromatic rings. The van der Waals surface area contributed by atoms with Crippen LogP contribution in [0, 0.1) is 6.92 Å². The third-order valence-corrected chi connectivity index (χ3v) is 5.96. The highest BCUT2D eigenvalue weighted by Gasteiger charge is 2.23. The van der Waals surface area contributed by atoms with Crippen molar-refractivity contribution < 1.29 is 8.42 Å². The average molecular weight is 323 g/mol. The summed E-state index contributed by atoms with van der Waals surface area (Å²) in [7, 11) is -3.55. The molecule has 21 heavy (non-hydrogen) atoms. The maximum absolute atomic E-state index is 12.4. The maximum Gasteiger partial charge on any atom is 0.263 e. The molecule has 1 aliphatic rings. The lowest BCUT2D eigenvalue weighted by atomic mass is 10.4. The summed E-state index contributed by atoms with van der Waals surface area (Å²) in [5, 5.41) is 3.40. The van der Waals surface area contributed by atoms with Crippen LogP contribution in [0.5, 0.6) is 0 Å². The fourth-order valence-electron chi connectivity index (χ4n) is 2.04. The summed E-state index contributed by atoms with van der Waals surface area (Å²) < 4.78 is 27.4. The topological polar surface area (TPSA) is 71.1 Å². The lowest BCUT2D eigenvalue weighted by molar-refractivity contribution is 0.601. The Balaban J connectivity index is 1.77. The van der Waals surface area contributed by atoms with E-state index < -0.39 is 10.0 Å². The van der Waals surface area contributed by atoms with E-state index in [0.717, 1.165) is 16.3 Å². The Hall–Kier alpha value is -1.44. The van der Waals surface area contributed by atoms with E-state index in [1.165, 1.54) is 30.4 Å². The minimum absolute atomic E-state index is 0.351. The van der Waals surface area contributed by atoms with Gasteiger partial charge in [0.2, 0.25) is 0 Å². The number of anilines is 1. The van der Waals surface area contributed by atoms with Crippen LogP contribution in [0.2, 0.25) is 0 Å². The van der Waals surface area contributed by atoms with Gasteiger partial charge in [-0.25, -0.2) is 8.42 Å². The van der Waals surface area contributed by atoms with Gasteiger partial charge in [0, 0.05) is 28.5 Å². The maximum atomic E-state index is 12.4. The summed E-state index contributed by atoms with van der Waals surface area (Å²) in [6.07, 6.45) is 5.54. The lowest BCUT2D eigenvalue weighted by Crippen LogP contribution is -2.15. The standard InChI is InChI=1S/C14H17N3O2S2/c1-10-14(7-13(20-10)9-16-11-4-5-11)21(18,19)17-12-3-2-6-15-8-12/h2-3,6-8,11,16-17H,4-5,9H2,1H3. The summed E-state index contributed by atoms with van der Waals surface area (Å²) in [6, 6.07) is 5.75. The molecule has 0 atom stereocenters. The van der Waals surface area contributed by atoms with Gasteiger partial charge >= 0.3 is 0 Å². The zero-order valence-corrected chi connectivity index (χ0v) is 13.3. The van der Waals surface area contributed by atoms with Crippen molar-refractivity contribution in [3.8, 4) is 0 Å². The van der Waals surface area contributed by atoms with Crippen molar-refractivity contribution in [2.75, 3.05) is 4.72 Å². The molecular formula is C14H17N3O2S2. The second-order valence-corrected chi connectivity index (χ2v) is 8.13. The highest BCUT2D eigenvalue weighted by atomic mass is 32.2. The van der Waals surface area contributed by atoms with Gasteiger partial charge in [-0.2, -0.15) is 0 Å². The molecule has 0 radical (unpaired) electrons. The Bertz CT molecular complexity index is 722. The van der Waals surface area contributed by atoms with Gasteiger partial charge in [0.15, 0.2) is 0 Å². The number of sulfonamides is 1. The molecule has 3 rings (SSSR count). The van der Waals surface area contributed by atoms with Crippen LogP contribution in [0.3, 0.4) is 0 Å². The average Bonchev–Trinajstić information content (AvgIpc) is 3.19. The van der Waals surface area contributed by atoms with Crippen LogP contribution >= 0.6 is 11.3 Å². The second-order valence-electron chi connectivity index (χ2n) is 5.14. The van der Waals surface area contributed by atoms with Crippen molar-refractivity contribution in [3.05, 3.63) is 40.3 Å². The number of aromatic nitrogens is 1. The Morgan fingerprint density at radius 3 is 2.90 bits per heavy atom. The molecule has 2 heterocycles.